The lowest BCUT2D eigenvalue weighted by molar-refractivity contribution is -0.0436. The van der Waals surface area contributed by atoms with E-state index in [0.29, 0.717) is 26.2 Å². The number of halogens is 3. The molecule has 14 heteroatoms. The summed E-state index contributed by atoms with van der Waals surface area (Å²) in [6, 6.07) is 4.77. The Labute approximate surface area is 185 Å². The molecule has 0 aliphatic carbocycles. The molecule has 0 unspecified atom stereocenters. The van der Waals surface area contributed by atoms with Crippen molar-refractivity contribution in [1.29, 1.82) is 0 Å². The molecule has 0 saturated carbocycles. The SMILES string of the molecule is Cn1c(=O)c2c(nc(N3CCNCC3)n2Cc2ccccc2S(=O)(=O)C(F)(F)F)n(C)c1=O. The van der Waals surface area contributed by atoms with Gasteiger partial charge in [0.15, 0.2) is 11.2 Å². The zero-order valence-corrected chi connectivity index (χ0v) is 18.6. The molecule has 2 aromatic heterocycles. The molecule has 1 fully saturated rings. The average Bonchev–Trinajstić information content (AvgIpc) is 3.15. The Balaban J connectivity index is 1.99. The lowest BCUT2D eigenvalue weighted by Gasteiger charge is -2.29. The largest absolute Gasteiger partial charge is 0.501 e. The second kappa shape index (κ2) is 8.02. The Morgan fingerprint density at radius 2 is 1.70 bits per heavy atom. The number of nitrogens with zero attached hydrogens (tertiary/aromatic N) is 5. The minimum Gasteiger partial charge on any atom is -0.340 e. The number of aryl methyl sites for hydroxylation is 1. The minimum absolute atomic E-state index is 0.00709. The van der Waals surface area contributed by atoms with Crippen molar-refractivity contribution in [2.24, 2.45) is 14.1 Å². The van der Waals surface area contributed by atoms with Crippen LogP contribution in [-0.4, -0.2) is 58.8 Å². The van der Waals surface area contributed by atoms with Gasteiger partial charge in [-0.3, -0.25) is 18.5 Å². The van der Waals surface area contributed by atoms with Gasteiger partial charge < -0.3 is 10.2 Å². The Morgan fingerprint density at radius 3 is 2.33 bits per heavy atom. The summed E-state index contributed by atoms with van der Waals surface area (Å²) in [5.41, 5.74) is -6.87. The maximum atomic E-state index is 13.3. The highest BCUT2D eigenvalue weighted by molar-refractivity contribution is 7.92. The molecule has 0 bridgehead atoms. The third-order valence-electron chi connectivity index (χ3n) is 5.62. The molecule has 4 rings (SSSR count). The van der Waals surface area contributed by atoms with Crippen LogP contribution in [0.3, 0.4) is 0 Å². The Kier molecular flexibility index (Phi) is 5.60. The van der Waals surface area contributed by atoms with Crippen LogP contribution in [0.5, 0.6) is 0 Å². The van der Waals surface area contributed by atoms with Gasteiger partial charge in [-0.05, 0) is 11.6 Å². The quantitative estimate of drug-likeness (QED) is 0.560. The smallest absolute Gasteiger partial charge is 0.340 e. The Morgan fingerprint density at radius 1 is 1.06 bits per heavy atom. The van der Waals surface area contributed by atoms with E-state index in [1.807, 2.05) is 4.90 Å². The standard InChI is InChI=1S/C19H21F3N6O4S/c1-25-15-14(16(29)26(2)18(25)30)28(17(24-15)27-9-7-23-8-10-27)11-12-5-3-4-6-13(12)33(31,32)19(20,21)22/h3-6,23H,7-11H2,1-2H3. The van der Waals surface area contributed by atoms with Crippen LogP contribution < -0.4 is 21.5 Å². The van der Waals surface area contributed by atoms with Gasteiger partial charge in [0, 0.05) is 40.3 Å². The molecule has 10 nitrogen and oxygen atoms in total. The molecule has 178 valence electrons. The predicted octanol–water partition coefficient (Wildman–Crippen LogP) is 0.185. The second-order valence-electron chi connectivity index (χ2n) is 7.67. The number of hydrogen-bond acceptors (Lipinski definition) is 7. The normalized spacial score (nSPS) is 15.4. The molecule has 1 aliphatic rings. The van der Waals surface area contributed by atoms with Gasteiger partial charge in [-0.2, -0.15) is 18.2 Å². The summed E-state index contributed by atoms with van der Waals surface area (Å²) in [6.45, 7) is 1.85. The van der Waals surface area contributed by atoms with E-state index in [9.17, 15) is 31.2 Å². The zero-order chi connectivity index (χ0) is 24.1. The van der Waals surface area contributed by atoms with Crippen molar-refractivity contribution in [2.75, 3.05) is 31.1 Å². The van der Waals surface area contributed by atoms with E-state index >= 15 is 0 Å². The molecule has 0 radical (unpaired) electrons. The number of sulfone groups is 1. The van der Waals surface area contributed by atoms with E-state index in [4.69, 9.17) is 0 Å². The third-order valence-corrected chi connectivity index (χ3v) is 7.21. The van der Waals surface area contributed by atoms with Gasteiger partial charge >= 0.3 is 11.2 Å². The number of rotatable bonds is 4. The molecular formula is C19H21F3N6O4S. The Bertz CT molecular complexity index is 1450. The first kappa shape index (κ1) is 23.0. The maximum Gasteiger partial charge on any atom is 0.501 e. The molecule has 1 aliphatic heterocycles. The van der Waals surface area contributed by atoms with Crippen LogP contribution in [0.15, 0.2) is 38.8 Å². The number of fused-ring (bicyclic) bond motifs is 1. The van der Waals surface area contributed by atoms with Gasteiger partial charge in [-0.25, -0.2) is 13.2 Å². The van der Waals surface area contributed by atoms with Crippen LogP contribution in [0.4, 0.5) is 19.1 Å². The number of piperazine rings is 1. The fourth-order valence-corrected chi connectivity index (χ4v) is 4.87. The van der Waals surface area contributed by atoms with Gasteiger partial charge in [0.25, 0.3) is 15.4 Å². The molecule has 3 heterocycles. The summed E-state index contributed by atoms with van der Waals surface area (Å²) in [5, 5.41) is 3.17. The lowest BCUT2D eigenvalue weighted by atomic mass is 10.2. The number of alkyl halides is 3. The Hall–Kier alpha value is -3.13. The van der Waals surface area contributed by atoms with Crippen LogP contribution in [0, 0.1) is 0 Å². The van der Waals surface area contributed by atoms with E-state index < -0.39 is 31.5 Å². The van der Waals surface area contributed by atoms with Crippen LogP contribution >= 0.6 is 0 Å². The van der Waals surface area contributed by atoms with Crippen molar-refractivity contribution in [3.8, 4) is 0 Å². The fraction of sp³-hybridized carbons (Fsp3) is 0.421. The van der Waals surface area contributed by atoms with Gasteiger partial charge in [0.1, 0.15) is 0 Å². The average molecular weight is 486 g/mol. The minimum atomic E-state index is -5.63. The first-order valence-corrected chi connectivity index (χ1v) is 11.4. The van der Waals surface area contributed by atoms with Crippen molar-refractivity contribution in [3.63, 3.8) is 0 Å². The molecule has 0 amide bonds. The van der Waals surface area contributed by atoms with Crippen LogP contribution in [0.25, 0.3) is 11.2 Å². The summed E-state index contributed by atoms with van der Waals surface area (Å²) in [5.74, 6) is 0.268. The van der Waals surface area contributed by atoms with Crippen molar-refractivity contribution in [3.05, 3.63) is 50.7 Å². The summed E-state index contributed by atoms with van der Waals surface area (Å²) in [4.78, 5) is 30.8. The monoisotopic (exact) mass is 486 g/mol. The maximum absolute atomic E-state index is 13.3. The molecule has 1 aromatic carbocycles. The van der Waals surface area contributed by atoms with Crippen molar-refractivity contribution < 1.29 is 21.6 Å². The highest BCUT2D eigenvalue weighted by Crippen LogP contribution is 2.33. The van der Waals surface area contributed by atoms with Gasteiger partial charge in [-0.1, -0.05) is 18.2 Å². The summed E-state index contributed by atoms with van der Waals surface area (Å²) < 4.78 is 67.7. The van der Waals surface area contributed by atoms with Gasteiger partial charge in [0.2, 0.25) is 5.95 Å². The highest BCUT2D eigenvalue weighted by atomic mass is 32.2. The number of nitrogens with one attached hydrogen (secondary N) is 1. The molecule has 1 N–H and O–H groups in total. The van der Waals surface area contributed by atoms with E-state index in [1.165, 1.54) is 41.4 Å². The summed E-state index contributed by atoms with van der Waals surface area (Å²) in [6.07, 6.45) is 0. The predicted molar refractivity (Wildman–Crippen MR) is 114 cm³/mol. The lowest BCUT2D eigenvalue weighted by Crippen LogP contribution is -2.44. The van der Waals surface area contributed by atoms with Crippen LogP contribution in [-0.2, 0) is 30.5 Å². The van der Waals surface area contributed by atoms with Crippen molar-refractivity contribution in [2.45, 2.75) is 16.9 Å². The number of aromatic nitrogens is 4. The molecule has 33 heavy (non-hydrogen) atoms. The first-order chi connectivity index (χ1) is 15.4. The van der Waals surface area contributed by atoms with Crippen molar-refractivity contribution >= 4 is 26.9 Å². The van der Waals surface area contributed by atoms with E-state index in [1.54, 1.807) is 0 Å². The van der Waals surface area contributed by atoms with Crippen LogP contribution in [0.2, 0.25) is 0 Å². The molecule has 0 spiro atoms. The zero-order valence-electron chi connectivity index (χ0n) is 17.8. The topological polar surface area (TPSA) is 111 Å². The van der Waals surface area contributed by atoms with E-state index in [0.717, 1.165) is 10.6 Å². The number of hydrogen-bond donors (Lipinski definition) is 1. The molecule has 1 saturated heterocycles. The number of anilines is 1. The van der Waals surface area contributed by atoms with Gasteiger partial charge in [0.05, 0.1) is 11.4 Å². The summed E-state index contributed by atoms with van der Waals surface area (Å²) >= 11 is 0. The first-order valence-electron chi connectivity index (χ1n) is 9.96. The number of benzene rings is 1. The second-order valence-corrected chi connectivity index (χ2v) is 9.58. The highest BCUT2D eigenvalue weighted by Gasteiger charge is 2.47. The summed E-state index contributed by atoms with van der Waals surface area (Å²) in [7, 11) is -2.91. The number of imidazole rings is 1. The molecular weight excluding hydrogens is 465 g/mol. The van der Waals surface area contributed by atoms with E-state index in [-0.39, 0.29) is 29.2 Å². The fourth-order valence-electron chi connectivity index (χ4n) is 3.88. The van der Waals surface area contributed by atoms with Crippen LogP contribution in [0.1, 0.15) is 5.56 Å². The molecule has 0 atom stereocenters. The van der Waals surface area contributed by atoms with Crippen molar-refractivity contribution in [1.82, 2.24) is 24.0 Å². The molecule has 3 aromatic rings. The van der Waals surface area contributed by atoms with E-state index in [2.05, 4.69) is 10.3 Å². The third kappa shape index (κ3) is 3.72. The van der Waals surface area contributed by atoms with Gasteiger partial charge in [-0.15, -0.1) is 0 Å².